The first-order valence-corrected chi connectivity index (χ1v) is 9.19. The molecule has 1 heterocycles. The fourth-order valence-electron chi connectivity index (χ4n) is 1.99. The third-order valence-corrected chi connectivity index (χ3v) is 5.59. The number of rotatable bonds is 7. The first-order chi connectivity index (χ1) is 11.6. The van der Waals surface area contributed by atoms with Gasteiger partial charge < -0.3 is 0 Å². The maximum Gasteiger partial charge on any atom is 0.282 e. The van der Waals surface area contributed by atoms with Gasteiger partial charge in [-0.15, -0.1) is 23.1 Å². The molecule has 2 aromatic rings. The molecule has 0 unspecified atom stereocenters. The van der Waals surface area contributed by atoms with Gasteiger partial charge in [0.05, 0.1) is 15.3 Å². The van der Waals surface area contributed by atoms with Crippen LogP contribution in [0, 0.1) is 10.1 Å². The highest BCUT2D eigenvalue weighted by Crippen LogP contribution is 2.31. The zero-order valence-electron chi connectivity index (χ0n) is 13.3. The summed E-state index contributed by atoms with van der Waals surface area (Å²) in [6.07, 6.45) is 2.53. The molecule has 24 heavy (non-hydrogen) atoms. The molecule has 0 fully saturated rings. The van der Waals surface area contributed by atoms with Crippen molar-refractivity contribution in [3.63, 3.8) is 0 Å². The van der Waals surface area contributed by atoms with Crippen LogP contribution in [0.1, 0.15) is 34.6 Å². The normalized spacial score (nSPS) is 10.9. The van der Waals surface area contributed by atoms with Crippen LogP contribution in [0.2, 0.25) is 0 Å². The van der Waals surface area contributed by atoms with E-state index in [9.17, 15) is 14.9 Å². The van der Waals surface area contributed by atoms with Gasteiger partial charge in [0.25, 0.3) is 11.6 Å². The number of aryl methyl sites for hydroxylation is 1. The number of thiophene rings is 1. The highest BCUT2D eigenvalue weighted by Gasteiger charge is 2.18. The molecule has 126 valence electrons. The predicted molar refractivity (Wildman–Crippen MR) is 98.3 cm³/mol. The number of carbonyl (C=O) groups excluding carboxylic acids is 1. The second kappa shape index (κ2) is 8.60. The smallest absolute Gasteiger partial charge is 0.267 e. The Balaban J connectivity index is 2.13. The van der Waals surface area contributed by atoms with Crippen LogP contribution in [0.25, 0.3) is 0 Å². The number of amides is 1. The molecule has 0 bridgehead atoms. The van der Waals surface area contributed by atoms with Gasteiger partial charge in [-0.25, -0.2) is 5.43 Å². The van der Waals surface area contributed by atoms with E-state index in [0.717, 1.165) is 21.9 Å². The average Bonchev–Trinajstić information content (AvgIpc) is 2.97. The number of benzene rings is 1. The van der Waals surface area contributed by atoms with Gasteiger partial charge in [0, 0.05) is 16.5 Å². The molecule has 6 nitrogen and oxygen atoms in total. The zero-order valence-corrected chi connectivity index (χ0v) is 14.9. The fraction of sp³-hybridized carbons (Fsp3) is 0.250. The topological polar surface area (TPSA) is 84.6 Å². The summed E-state index contributed by atoms with van der Waals surface area (Å²) < 4.78 is 1.15. The summed E-state index contributed by atoms with van der Waals surface area (Å²) in [6, 6.07) is 7.84. The summed E-state index contributed by atoms with van der Waals surface area (Å²) in [6.45, 7) is 4.16. The summed E-state index contributed by atoms with van der Waals surface area (Å²) in [5.74, 6) is 0.349. The Kier molecular flexibility index (Phi) is 6.51. The lowest BCUT2D eigenvalue weighted by molar-refractivity contribution is -0.385. The Morgan fingerprint density at radius 3 is 2.83 bits per heavy atom. The number of hydrogen-bond donors (Lipinski definition) is 1. The molecule has 1 N–H and O–H groups in total. The maximum absolute atomic E-state index is 12.1. The van der Waals surface area contributed by atoms with E-state index in [0.29, 0.717) is 0 Å². The molecule has 2 rings (SSSR count). The molecule has 0 saturated carbocycles. The van der Waals surface area contributed by atoms with Gasteiger partial charge in [-0.2, -0.15) is 5.10 Å². The van der Waals surface area contributed by atoms with Crippen molar-refractivity contribution in [2.75, 3.05) is 5.75 Å². The lowest BCUT2D eigenvalue weighted by Crippen LogP contribution is -2.18. The Morgan fingerprint density at radius 2 is 2.17 bits per heavy atom. The van der Waals surface area contributed by atoms with Crippen molar-refractivity contribution in [3.05, 3.63) is 56.5 Å². The third-order valence-electron chi connectivity index (χ3n) is 3.11. The average molecular weight is 363 g/mol. The molecule has 1 aromatic carbocycles. The van der Waals surface area contributed by atoms with Crippen molar-refractivity contribution in [1.82, 2.24) is 5.43 Å². The summed E-state index contributed by atoms with van der Waals surface area (Å²) in [5.41, 5.74) is 3.06. The summed E-state index contributed by atoms with van der Waals surface area (Å²) in [7, 11) is 0. The highest BCUT2D eigenvalue weighted by molar-refractivity contribution is 8.01. The lowest BCUT2D eigenvalue weighted by atomic mass is 10.2. The van der Waals surface area contributed by atoms with Gasteiger partial charge in [0.2, 0.25) is 0 Å². The number of carbonyl (C=O) groups is 1. The van der Waals surface area contributed by atoms with Crippen molar-refractivity contribution in [2.24, 2.45) is 5.10 Å². The summed E-state index contributed by atoms with van der Waals surface area (Å²) >= 11 is 3.44. The molecule has 0 atom stereocenters. The van der Waals surface area contributed by atoms with E-state index >= 15 is 0 Å². The number of nitrogens with zero attached hydrogens (tertiary/aromatic N) is 2. The number of hydrogen-bond acceptors (Lipinski definition) is 6. The molecular weight excluding hydrogens is 346 g/mol. The van der Waals surface area contributed by atoms with Crippen molar-refractivity contribution in [2.45, 2.75) is 24.5 Å². The number of thioether (sulfide) groups is 1. The highest BCUT2D eigenvalue weighted by atomic mass is 32.2. The number of para-hydroxylation sites is 1. The standard InChI is InChI=1S/C16H17N3O3S2/c1-3-12-9-11(16(24-12)23-4-2)10-17-18-15(20)13-7-5-6-8-14(13)19(21)22/h5-10H,3-4H2,1-2H3,(H,18,20)/b17-10+. The summed E-state index contributed by atoms with van der Waals surface area (Å²) in [4.78, 5) is 23.7. The van der Waals surface area contributed by atoms with E-state index < -0.39 is 10.8 Å². The molecule has 1 amide bonds. The number of nitro groups is 1. The van der Waals surface area contributed by atoms with Crippen molar-refractivity contribution >= 4 is 40.9 Å². The van der Waals surface area contributed by atoms with Gasteiger partial charge in [-0.05, 0) is 24.3 Å². The monoisotopic (exact) mass is 363 g/mol. The number of hydrazone groups is 1. The van der Waals surface area contributed by atoms with E-state index in [1.165, 1.54) is 23.1 Å². The molecule has 1 aromatic heterocycles. The second-order valence-electron chi connectivity index (χ2n) is 4.72. The maximum atomic E-state index is 12.1. The van der Waals surface area contributed by atoms with E-state index in [4.69, 9.17) is 0 Å². The quantitative estimate of drug-likeness (QED) is 0.347. The van der Waals surface area contributed by atoms with E-state index in [1.54, 1.807) is 35.4 Å². The minimum absolute atomic E-state index is 0.0117. The fourth-order valence-corrected chi connectivity index (χ4v) is 4.24. The largest absolute Gasteiger partial charge is 0.282 e. The predicted octanol–water partition coefficient (Wildman–Crippen LogP) is 4.09. The van der Waals surface area contributed by atoms with Crippen molar-refractivity contribution in [1.29, 1.82) is 0 Å². The van der Waals surface area contributed by atoms with Gasteiger partial charge in [0.15, 0.2) is 0 Å². The van der Waals surface area contributed by atoms with Crippen molar-refractivity contribution < 1.29 is 9.72 Å². The molecule has 0 aliphatic rings. The van der Waals surface area contributed by atoms with Crippen LogP contribution in [-0.2, 0) is 6.42 Å². The van der Waals surface area contributed by atoms with E-state index in [2.05, 4.69) is 24.4 Å². The molecule has 0 aliphatic heterocycles. The Bertz CT molecular complexity index is 772. The first-order valence-electron chi connectivity index (χ1n) is 7.39. The summed E-state index contributed by atoms with van der Waals surface area (Å²) in [5, 5.41) is 14.9. The SMILES string of the molecule is CCSc1sc(CC)cc1/C=N/NC(=O)c1ccccc1[N+](=O)[O-]. The molecule has 0 radical (unpaired) electrons. The second-order valence-corrected chi connectivity index (χ2v) is 7.38. The van der Waals surface area contributed by atoms with Crippen LogP contribution in [0.3, 0.4) is 0 Å². The van der Waals surface area contributed by atoms with E-state index in [-0.39, 0.29) is 11.3 Å². The molecule has 0 spiro atoms. The Labute approximate surface area is 148 Å². The minimum atomic E-state index is -0.603. The Morgan fingerprint density at radius 1 is 1.42 bits per heavy atom. The van der Waals surface area contributed by atoms with Crippen LogP contribution in [0.15, 0.2) is 39.6 Å². The first kappa shape index (κ1) is 18.2. The minimum Gasteiger partial charge on any atom is -0.267 e. The van der Waals surface area contributed by atoms with Gasteiger partial charge in [-0.1, -0.05) is 26.0 Å². The van der Waals surface area contributed by atoms with Gasteiger partial charge in [-0.3, -0.25) is 14.9 Å². The van der Waals surface area contributed by atoms with Gasteiger partial charge in [0.1, 0.15) is 5.56 Å². The Hall–Kier alpha value is -2.19. The van der Waals surface area contributed by atoms with Crippen molar-refractivity contribution in [3.8, 4) is 0 Å². The van der Waals surface area contributed by atoms with Crippen LogP contribution >= 0.6 is 23.1 Å². The molecule has 8 heteroatoms. The third kappa shape index (κ3) is 4.42. The number of nitro benzene ring substituents is 1. The lowest BCUT2D eigenvalue weighted by Gasteiger charge is -2.01. The molecule has 0 saturated heterocycles. The van der Waals surface area contributed by atoms with Gasteiger partial charge >= 0.3 is 0 Å². The van der Waals surface area contributed by atoms with Crippen LogP contribution in [0.5, 0.6) is 0 Å². The van der Waals surface area contributed by atoms with Crippen LogP contribution < -0.4 is 5.43 Å². The molecular formula is C16H17N3O3S2. The number of nitrogens with one attached hydrogen (secondary N) is 1. The molecule has 0 aliphatic carbocycles. The van der Waals surface area contributed by atoms with Crippen LogP contribution in [-0.4, -0.2) is 22.8 Å². The van der Waals surface area contributed by atoms with E-state index in [1.807, 2.05) is 6.07 Å². The van der Waals surface area contributed by atoms with Crippen LogP contribution in [0.4, 0.5) is 5.69 Å². The zero-order chi connectivity index (χ0) is 17.5.